The number of benzene rings is 1. The Balaban J connectivity index is 2.33. The van der Waals surface area contributed by atoms with Gasteiger partial charge in [-0.3, -0.25) is 9.69 Å². The minimum Gasteiger partial charge on any atom is -0.336 e. The van der Waals surface area contributed by atoms with Crippen LogP contribution in [0.15, 0.2) is 22.7 Å². The molecule has 1 aliphatic heterocycles. The maximum atomic E-state index is 12.1. The van der Waals surface area contributed by atoms with Gasteiger partial charge < -0.3 is 5.32 Å². The second kappa shape index (κ2) is 4.70. The van der Waals surface area contributed by atoms with Crippen molar-refractivity contribution in [3.05, 3.63) is 31.8 Å². The Morgan fingerprint density at radius 1 is 1.50 bits per heavy atom. The fraction of sp³-hybridized carbons (Fsp3) is 0.200. The van der Waals surface area contributed by atoms with Crippen LogP contribution >= 0.6 is 38.5 Å². The largest absolute Gasteiger partial charge is 0.336 e. The van der Waals surface area contributed by atoms with Gasteiger partial charge in [-0.1, -0.05) is 0 Å². The summed E-state index contributed by atoms with van der Waals surface area (Å²) >= 11 is 5.45. The van der Waals surface area contributed by atoms with Crippen molar-refractivity contribution in [1.82, 2.24) is 10.2 Å². The maximum Gasteiger partial charge on any atom is 0.324 e. The third-order valence-corrected chi connectivity index (χ3v) is 3.62. The summed E-state index contributed by atoms with van der Waals surface area (Å²) in [6.07, 6.45) is 0. The smallest absolute Gasteiger partial charge is 0.324 e. The molecule has 0 unspecified atom stereocenters. The number of hydrogen-bond acceptors (Lipinski definition) is 2. The lowest BCUT2D eigenvalue weighted by Crippen LogP contribution is -2.34. The van der Waals surface area contributed by atoms with Crippen molar-refractivity contribution in [3.8, 4) is 0 Å². The van der Waals surface area contributed by atoms with Crippen LogP contribution in [0.4, 0.5) is 4.79 Å². The van der Waals surface area contributed by atoms with E-state index < -0.39 is 0 Å². The molecule has 0 radical (unpaired) electrons. The average Bonchev–Trinajstić information content (AvgIpc) is 2.67. The zero-order chi connectivity index (χ0) is 11.7. The number of carbonyl (C=O) groups excluding carboxylic acids is 2. The van der Waals surface area contributed by atoms with E-state index in [0.29, 0.717) is 23.1 Å². The van der Waals surface area contributed by atoms with Crippen molar-refractivity contribution in [2.75, 3.05) is 13.1 Å². The molecule has 0 aliphatic carbocycles. The van der Waals surface area contributed by atoms with Crippen LogP contribution in [0.25, 0.3) is 0 Å². The quantitative estimate of drug-likeness (QED) is 0.742. The van der Waals surface area contributed by atoms with Gasteiger partial charge in [0.05, 0.1) is 5.56 Å². The van der Waals surface area contributed by atoms with E-state index in [0.717, 1.165) is 3.57 Å². The number of nitrogens with zero attached hydrogens (tertiary/aromatic N) is 1. The topological polar surface area (TPSA) is 49.4 Å². The minimum atomic E-state index is -0.323. The van der Waals surface area contributed by atoms with E-state index in [4.69, 9.17) is 0 Å². The van der Waals surface area contributed by atoms with Gasteiger partial charge in [-0.05, 0) is 56.7 Å². The number of nitrogens with one attached hydrogen (secondary N) is 1. The highest BCUT2D eigenvalue weighted by Crippen LogP contribution is 2.21. The zero-order valence-corrected chi connectivity index (χ0v) is 11.9. The van der Waals surface area contributed by atoms with Crippen LogP contribution in [0.1, 0.15) is 10.4 Å². The molecule has 0 bridgehead atoms. The number of halogens is 2. The van der Waals surface area contributed by atoms with Crippen LogP contribution in [0, 0.1) is 3.57 Å². The molecule has 3 amide bonds. The Morgan fingerprint density at radius 3 is 2.88 bits per heavy atom. The summed E-state index contributed by atoms with van der Waals surface area (Å²) in [6.45, 7) is 0.946. The first-order valence-corrected chi connectivity index (χ1v) is 6.51. The molecule has 1 fully saturated rings. The molecule has 84 valence electrons. The number of carbonyl (C=O) groups is 2. The Bertz CT molecular complexity index is 464. The second-order valence-corrected chi connectivity index (χ2v) is 5.41. The molecule has 1 saturated heterocycles. The molecule has 1 aliphatic rings. The molecule has 1 N–H and O–H groups in total. The summed E-state index contributed by atoms with van der Waals surface area (Å²) in [5, 5.41) is 2.60. The van der Waals surface area contributed by atoms with Gasteiger partial charge in [-0.2, -0.15) is 0 Å². The van der Waals surface area contributed by atoms with Crippen molar-refractivity contribution in [1.29, 1.82) is 0 Å². The first-order chi connectivity index (χ1) is 7.59. The van der Waals surface area contributed by atoms with Crippen LogP contribution in [-0.2, 0) is 0 Å². The Labute approximate surface area is 115 Å². The Hall–Kier alpha value is -0.630. The maximum absolute atomic E-state index is 12.1. The first kappa shape index (κ1) is 11.8. The number of imide groups is 1. The van der Waals surface area contributed by atoms with Crippen molar-refractivity contribution >= 4 is 50.5 Å². The SMILES string of the molecule is O=C1NCCN1C(=O)c1cc(I)ccc1Br. The molecule has 1 aromatic rings. The van der Waals surface area contributed by atoms with Gasteiger partial charge in [0.15, 0.2) is 0 Å². The third-order valence-electron chi connectivity index (χ3n) is 2.26. The number of amides is 3. The number of hydrogen-bond donors (Lipinski definition) is 1. The molecule has 0 spiro atoms. The summed E-state index contributed by atoms with van der Waals surface area (Å²) in [5.41, 5.74) is 0.518. The van der Waals surface area contributed by atoms with Crippen molar-refractivity contribution in [3.63, 3.8) is 0 Å². The van der Waals surface area contributed by atoms with Crippen molar-refractivity contribution in [2.45, 2.75) is 0 Å². The highest BCUT2D eigenvalue weighted by atomic mass is 127. The molecule has 6 heteroatoms. The molecular weight excluding hydrogens is 387 g/mol. The molecule has 2 rings (SSSR count). The zero-order valence-electron chi connectivity index (χ0n) is 8.17. The normalized spacial score (nSPS) is 15.1. The summed E-state index contributed by atoms with van der Waals surface area (Å²) in [5.74, 6) is -0.264. The van der Waals surface area contributed by atoms with Crippen LogP contribution in [-0.4, -0.2) is 29.9 Å². The molecule has 0 atom stereocenters. The van der Waals surface area contributed by atoms with E-state index >= 15 is 0 Å². The van der Waals surface area contributed by atoms with E-state index in [1.165, 1.54) is 4.90 Å². The van der Waals surface area contributed by atoms with Crippen molar-refractivity contribution in [2.24, 2.45) is 0 Å². The van der Waals surface area contributed by atoms with Gasteiger partial charge in [0.2, 0.25) is 0 Å². The van der Waals surface area contributed by atoms with Gasteiger partial charge in [0.1, 0.15) is 0 Å². The minimum absolute atomic E-state index is 0.264. The lowest BCUT2D eigenvalue weighted by atomic mass is 10.2. The van der Waals surface area contributed by atoms with Crippen LogP contribution in [0.3, 0.4) is 0 Å². The van der Waals surface area contributed by atoms with Gasteiger partial charge in [-0.25, -0.2) is 4.79 Å². The number of urea groups is 1. The fourth-order valence-electron chi connectivity index (χ4n) is 1.47. The summed E-state index contributed by atoms with van der Waals surface area (Å²) < 4.78 is 1.67. The number of rotatable bonds is 1. The molecule has 0 aromatic heterocycles. The standard InChI is InChI=1S/C10H8BrIN2O2/c11-8-2-1-6(12)5-7(8)9(15)14-4-3-13-10(14)16/h1-2,5H,3-4H2,(H,13,16). The summed E-state index contributed by atoms with van der Waals surface area (Å²) in [7, 11) is 0. The Morgan fingerprint density at radius 2 is 2.25 bits per heavy atom. The lowest BCUT2D eigenvalue weighted by molar-refractivity contribution is 0.0828. The fourth-order valence-corrected chi connectivity index (χ4v) is 2.38. The van der Waals surface area contributed by atoms with Gasteiger partial charge in [0, 0.05) is 21.1 Å². The summed E-state index contributed by atoms with van der Waals surface area (Å²) in [4.78, 5) is 24.6. The molecular formula is C10H8BrIN2O2. The highest BCUT2D eigenvalue weighted by molar-refractivity contribution is 14.1. The van der Waals surface area contributed by atoms with Crippen LogP contribution < -0.4 is 5.32 Å². The summed E-state index contributed by atoms with van der Waals surface area (Å²) in [6, 6.07) is 5.14. The molecule has 1 aromatic carbocycles. The van der Waals surface area contributed by atoms with E-state index in [1.807, 2.05) is 12.1 Å². The Kier molecular flexibility index (Phi) is 3.48. The van der Waals surface area contributed by atoms with Gasteiger partial charge in [-0.15, -0.1) is 0 Å². The first-order valence-electron chi connectivity index (χ1n) is 4.64. The van der Waals surface area contributed by atoms with E-state index in [-0.39, 0.29) is 11.9 Å². The molecule has 4 nitrogen and oxygen atoms in total. The molecule has 1 heterocycles. The lowest BCUT2D eigenvalue weighted by Gasteiger charge is -2.13. The monoisotopic (exact) mass is 394 g/mol. The van der Waals surface area contributed by atoms with Crippen LogP contribution in [0.5, 0.6) is 0 Å². The third kappa shape index (κ3) is 2.22. The van der Waals surface area contributed by atoms with E-state index in [1.54, 1.807) is 6.07 Å². The predicted octanol–water partition coefficient (Wildman–Crippen LogP) is 2.22. The van der Waals surface area contributed by atoms with Crippen LogP contribution in [0.2, 0.25) is 0 Å². The predicted molar refractivity (Wildman–Crippen MR) is 71.3 cm³/mol. The molecule has 16 heavy (non-hydrogen) atoms. The van der Waals surface area contributed by atoms with Gasteiger partial charge in [0.25, 0.3) is 5.91 Å². The van der Waals surface area contributed by atoms with E-state index in [9.17, 15) is 9.59 Å². The highest BCUT2D eigenvalue weighted by Gasteiger charge is 2.28. The van der Waals surface area contributed by atoms with E-state index in [2.05, 4.69) is 43.8 Å². The second-order valence-electron chi connectivity index (χ2n) is 3.31. The van der Waals surface area contributed by atoms with Crippen molar-refractivity contribution < 1.29 is 9.59 Å². The average molecular weight is 395 g/mol. The van der Waals surface area contributed by atoms with Gasteiger partial charge >= 0.3 is 6.03 Å². The molecule has 0 saturated carbocycles.